The van der Waals surface area contributed by atoms with Crippen LogP contribution in [0.15, 0.2) is 0 Å². The van der Waals surface area contributed by atoms with Gasteiger partial charge in [0.2, 0.25) is 0 Å². The van der Waals surface area contributed by atoms with Gasteiger partial charge in [-0.2, -0.15) is 0 Å². The van der Waals surface area contributed by atoms with Gasteiger partial charge < -0.3 is 4.74 Å². The van der Waals surface area contributed by atoms with E-state index < -0.39 is 0 Å². The van der Waals surface area contributed by atoms with Crippen LogP contribution in [0.1, 0.15) is 19.8 Å². The smallest absolute Gasteiger partial charge is 0.307 e. The van der Waals surface area contributed by atoms with Crippen LogP contribution in [0, 0.1) is 0 Å². The Morgan fingerprint density at radius 1 is 1.89 bits per heavy atom. The highest BCUT2D eigenvalue weighted by atomic mass is 16.6. The van der Waals surface area contributed by atoms with E-state index in [4.69, 9.17) is 4.74 Å². The predicted molar refractivity (Wildman–Crippen MR) is 32.8 cm³/mol. The highest BCUT2D eigenvalue weighted by Gasteiger charge is 2.23. The number of carbonyl (C=O) groups excluding carboxylic acids is 1. The summed E-state index contributed by atoms with van der Waals surface area (Å²) >= 11 is 0. The molecule has 0 bridgehead atoms. The van der Waals surface area contributed by atoms with Crippen LogP contribution in [0.2, 0.25) is 0 Å². The Bertz CT molecular complexity index is 110. The first-order valence-corrected chi connectivity index (χ1v) is 3.26. The molecule has 1 rings (SSSR count). The lowest BCUT2D eigenvalue weighted by molar-refractivity contribution is -0.145. The minimum absolute atomic E-state index is 0.0315. The van der Waals surface area contributed by atoms with Crippen LogP contribution < -0.4 is 5.32 Å². The largest absolute Gasteiger partial charge is 0.445 e. The third kappa shape index (κ3) is 2.46. The predicted octanol–water partition coefficient (Wildman–Crippen LogP) is 0.259. The van der Waals surface area contributed by atoms with Crippen molar-refractivity contribution in [2.75, 3.05) is 6.54 Å². The van der Waals surface area contributed by atoms with Crippen molar-refractivity contribution in [2.24, 2.45) is 0 Å². The van der Waals surface area contributed by atoms with Crippen molar-refractivity contribution in [1.29, 1.82) is 0 Å². The van der Waals surface area contributed by atoms with Gasteiger partial charge in [0, 0.05) is 13.0 Å². The van der Waals surface area contributed by atoms with E-state index in [1.165, 1.54) is 0 Å². The summed E-state index contributed by atoms with van der Waals surface area (Å²) < 4.78 is 4.85. The molecule has 0 aromatic heterocycles. The molecular weight excluding hydrogens is 118 g/mol. The number of hydrogen-bond donors (Lipinski definition) is 1. The summed E-state index contributed by atoms with van der Waals surface area (Å²) in [6.45, 7) is 2.79. The van der Waals surface area contributed by atoms with E-state index in [2.05, 4.69) is 5.32 Å². The molecule has 1 heterocycles. The van der Waals surface area contributed by atoms with Gasteiger partial charge in [-0.25, -0.2) is 0 Å². The normalized spacial score (nSPS) is 23.4. The zero-order valence-electron chi connectivity index (χ0n) is 5.52. The van der Waals surface area contributed by atoms with Crippen LogP contribution in [0.3, 0.4) is 0 Å². The number of ether oxygens (including phenoxy) is 1. The van der Waals surface area contributed by atoms with Gasteiger partial charge in [-0.3, -0.25) is 10.1 Å². The molecule has 3 nitrogen and oxygen atoms in total. The summed E-state index contributed by atoms with van der Waals surface area (Å²) in [7, 11) is 0. The molecule has 0 aromatic carbocycles. The van der Waals surface area contributed by atoms with Gasteiger partial charge in [-0.05, 0) is 6.42 Å². The van der Waals surface area contributed by atoms with Gasteiger partial charge in [-0.1, -0.05) is 6.92 Å². The molecule has 9 heavy (non-hydrogen) atoms. The van der Waals surface area contributed by atoms with E-state index in [1.807, 2.05) is 6.92 Å². The van der Waals surface area contributed by atoms with Gasteiger partial charge in [-0.15, -0.1) is 0 Å². The first kappa shape index (κ1) is 6.55. The first-order chi connectivity index (χ1) is 4.33. The van der Waals surface area contributed by atoms with Crippen molar-refractivity contribution < 1.29 is 9.53 Å². The second-order valence-corrected chi connectivity index (χ2v) is 2.14. The molecule has 0 amide bonds. The lowest BCUT2D eigenvalue weighted by Gasteiger charge is -1.97. The number of carbonyl (C=O) groups is 1. The Morgan fingerprint density at radius 3 is 3.00 bits per heavy atom. The lowest BCUT2D eigenvalue weighted by Crippen LogP contribution is -2.07. The van der Waals surface area contributed by atoms with E-state index in [0.29, 0.717) is 6.42 Å². The van der Waals surface area contributed by atoms with Crippen LogP contribution in [-0.4, -0.2) is 18.7 Å². The van der Waals surface area contributed by atoms with Crippen molar-refractivity contribution >= 4 is 5.97 Å². The lowest BCUT2D eigenvalue weighted by atomic mass is 10.3. The van der Waals surface area contributed by atoms with Gasteiger partial charge in [0.1, 0.15) is 0 Å². The first-order valence-electron chi connectivity index (χ1n) is 3.26. The topological polar surface area (TPSA) is 48.2 Å². The fourth-order valence-electron chi connectivity index (χ4n) is 0.553. The van der Waals surface area contributed by atoms with Gasteiger partial charge in [0.05, 0.1) is 0 Å². The Hall–Kier alpha value is -0.570. The fraction of sp³-hybridized carbons (Fsp3) is 0.833. The second kappa shape index (κ2) is 2.82. The number of hydrogen-bond acceptors (Lipinski definition) is 3. The minimum atomic E-state index is -0.0903. The Morgan fingerprint density at radius 2 is 2.56 bits per heavy atom. The zero-order valence-corrected chi connectivity index (χ0v) is 5.52. The quantitative estimate of drug-likeness (QED) is 0.439. The summed E-state index contributed by atoms with van der Waals surface area (Å²) in [6.07, 6.45) is 1.44. The summed E-state index contributed by atoms with van der Waals surface area (Å²) in [4.78, 5) is 10.6. The van der Waals surface area contributed by atoms with Crippen LogP contribution in [0.4, 0.5) is 0 Å². The average molecular weight is 129 g/mol. The van der Waals surface area contributed by atoms with Crippen molar-refractivity contribution in [2.45, 2.75) is 26.0 Å². The summed E-state index contributed by atoms with van der Waals surface area (Å²) in [5.41, 5.74) is 0. The third-order valence-corrected chi connectivity index (χ3v) is 1.10. The van der Waals surface area contributed by atoms with Crippen LogP contribution >= 0.6 is 0 Å². The van der Waals surface area contributed by atoms with Crippen LogP contribution in [0.25, 0.3) is 0 Å². The second-order valence-electron chi connectivity index (χ2n) is 2.14. The molecule has 3 heteroatoms. The van der Waals surface area contributed by atoms with Crippen molar-refractivity contribution in [3.05, 3.63) is 0 Å². The summed E-state index contributed by atoms with van der Waals surface area (Å²) in [5, 5.41) is 2.88. The third-order valence-electron chi connectivity index (χ3n) is 1.10. The molecule has 0 saturated carbocycles. The average Bonchev–Trinajstić information content (AvgIpc) is 2.50. The van der Waals surface area contributed by atoms with E-state index in [1.54, 1.807) is 0 Å². The van der Waals surface area contributed by atoms with Gasteiger partial charge in [0.25, 0.3) is 0 Å². The standard InChI is InChI=1S/C6H11NO2/c1-2-3-6(8)9-5-4-7-5/h5,7H,2-4H2,1H3. The highest BCUT2D eigenvalue weighted by molar-refractivity contribution is 5.69. The molecule has 1 saturated heterocycles. The molecular formula is C6H11NO2. The summed E-state index contributed by atoms with van der Waals surface area (Å²) in [6, 6.07) is 0. The Balaban J connectivity index is 2.02. The van der Waals surface area contributed by atoms with Crippen molar-refractivity contribution in [3.63, 3.8) is 0 Å². The van der Waals surface area contributed by atoms with Crippen molar-refractivity contribution in [3.8, 4) is 0 Å². The van der Waals surface area contributed by atoms with Gasteiger partial charge >= 0.3 is 5.97 Å². The van der Waals surface area contributed by atoms with E-state index in [9.17, 15) is 4.79 Å². The molecule has 0 aromatic rings. The monoisotopic (exact) mass is 129 g/mol. The Labute approximate surface area is 54.4 Å². The molecule has 1 aliphatic heterocycles. The van der Waals surface area contributed by atoms with Crippen molar-refractivity contribution in [1.82, 2.24) is 5.32 Å². The molecule has 1 aliphatic rings. The molecule has 0 radical (unpaired) electrons. The molecule has 1 atom stereocenters. The molecule has 1 unspecified atom stereocenters. The molecule has 52 valence electrons. The van der Waals surface area contributed by atoms with E-state index >= 15 is 0 Å². The fourth-order valence-corrected chi connectivity index (χ4v) is 0.553. The van der Waals surface area contributed by atoms with Gasteiger partial charge in [0.15, 0.2) is 6.23 Å². The maximum absolute atomic E-state index is 10.6. The maximum atomic E-state index is 10.6. The van der Waals surface area contributed by atoms with E-state index in [-0.39, 0.29) is 12.2 Å². The molecule has 0 spiro atoms. The van der Waals surface area contributed by atoms with Crippen LogP contribution in [-0.2, 0) is 9.53 Å². The minimum Gasteiger partial charge on any atom is -0.445 e. The number of esters is 1. The van der Waals surface area contributed by atoms with Crippen LogP contribution in [0.5, 0.6) is 0 Å². The zero-order chi connectivity index (χ0) is 6.69. The molecule has 1 N–H and O–H groups in total. The van der Waals surface area contributed by atoms with E-state index in [0.717, 1.165) is 13.0 Å². The molecule has 0 aliphatic carbocycles. The maximum Gasteiger partial charge on any atom is 0.307 e. The summed E-state index contributed by atoms with van der Waals surface area (Å²) in [5.74, 6) is -0.0903. The highest BCUT2D eigenvalue weighted by Crippen LogP contribution is 2.01. The SMILES string of the molecule is CCCC(=O)OC1CN1. The number of nitrogens with one attached hydrogen (secondary N) is 1. The Kier molecular flexibility index (Phi) is 2.05. The molecule has 1 fully saturated rings. The number of rotatable bonds is 3.